The number of rotatable bonds is 13. The summed E-state index contributed by atoms with van der Waals surface area (Å²) in [5.74, 6) is -0.470. The standard InChI is InChI=1S/C19H29NO3/c1-2-3-4-5-6-7-11-14-23-16-18(21)15-19(22)20-17-12-9-8-10-13-17/h8-10,12-13H,2-7,11,14-16H2,1H3,(H,20,22). The predicted molar refractivity (Wildman–Crippen MR) is 93.5 cm³/mol. The molecule has 128 valence electrons. The van der Waals surface area contributed by atoms with E-state index in [4.69, 9.17) is 4.74 Å². The number of ketones is 1. The van der Waals surface area contributed by atoms with Gasteiger partial charge in [-0.25, -0.2) is 0 Å². The Morgan fingerprint density at radius 1 is 0.957 bits per heavy atom. The fourth-order valence-corrected chi connectivity index (χ4v) is 2.30. The molecule has 1 amide bonds. The van der Waals surface area contributed by atoms with Gasteiger partial charge in [-0.05, 0) is 18.6 Å². The summed E-state index contributed by atoms with van der Waals surface area (Å²) in [7, 11) is 0. The van der Waals surface area contributed by atoms with Crippen molar-refractivity contribution in [2.45, 2.75) is 58.3 Å². The van der Waals surface area contributed by atoms with E-state index >= 15 is 0 Å². The second-order valence-electron chi connectivity index (χ2n) is 5.80. The molecule has 0 unspecified atom stereocenters. The van der Waals surface area contributed by atoms with E-state index in [2.05, 4.69) is 12.2 Å². The average molecular weight is 319 g/mol. The third-order valence-electron chi connectivity index (χ3n) is 3.57. The highest BCUT2D eigenvalue weighted by Gasteiger charge is 2.09. The van der Waals surface area contributed by atoms with Gasteiger partial charge in [0.1, 0.15) is 6.61 Å². The van der Waals surface area contributed by atoms with Gasteiger partial charge in [-0.15, -0.1) is 0 Å². The zero-order chi connectivity index (χ0) is 16.8. The lowest BCUT2D eigenvalue weighted by atomic mass is 10.1. The molecule has 0 saturated heterocycles. The van der Waals surface area contributed by atoms with Gasteiger partial charge in [0.15, 0.2) is 5.78 Å². The fraction of sp³-hybridized carbons (Fsp3) is 0.579. The number of ether oxygens (including phenoxy) is 1. The van der Waals surface area contributed by atoms with Crippen molar-refractivity contribution in [3.8, 4) is 0 Å². The van der Waals surface area contributed by atoms with Crippen LogP contribution in [0.15, 0.2) is 30.3 Å². The summed E-state index contributed by atoms with van der Waals surface area (Å²) in [5.41, 5.74) is 0.703. The number of hydrogen-bond acceptors (Lipinski definition) is 3. The summed E-state index contributed by atoms with van der Waals surface area (Å²) in [4.78, 5) is 23.4. The quantitative estimate of drug-likeness (QED) is 0.434. The van der Waals surface area contributed by atoms with Crippen molar-refractivity contribution in [1.82, 2.24) is 0 Å². The summed E-state index contributed by atoms with van der Waals surface area (Å²) >= 11 is 0. The smallest absolute Gasteiger partial charge is 0.231 e. The molecule has 0 aliphatic heterocycles. The molecular weight excluding hydrogens is 290 g/mol. The van der Waals surface area contributed by atoms with E-state index in [0.29, 0.717) is 12.3 Å². The third-order valence-corrected chi connectivity index (χ3v) is 3.57. The number of hydrogen-bond donors (Lipinski definition) is 1. The summed E-state index contributed by atoms with van der Waals surface area (Å²) in [6, 6.07) is 9.13. The van der Waals surface area contributed by atoms with Gasteiger partial charge in [-0.3, -0.25) is 9.59 Å². The molecule has 0 saturated carbocycles. The highest BCUT2D eigenvalue weighted by Crippen LogP contribution is 2.07. The molecule has 0 atom stereocenters. The first kappa shape index (κ1) is 19.4. The zero-order valence-electron chi connectivity index (χ0n) is 14.2. The van der Waals surface area contributed by atoms with E-state index in [-0.39, 0.29) is 24.7 Å². The topological polar surface area (TPSA) is 55.4 Å². The van der Waals surface area contributed by atoms with Crippen LogP contribution >= 0.6 is 0 Å². The maximum Gasteiger partial charge on any atom is 0.231 e. The largest absolute Gasteiger partial charge is 0.374 e. The zero-order valence-corrected chi connectivity index (χ0v) is 14.2. The number of nitrogens with one attached hydrogen (secondary N) is 1. The molecule has 1 aromatic rings. The molecule has 0 radical (unpaired) electrons. The monoisotopic (exact) mass is 319 g/mol. The van der Waals surface area contributed by atoms with Gasteiger partial charge in [-0.1, -0.05) is 63.6 Å². The van der Waals surface area contributed by atoms with Crippen LogP contribution in [0.2, 0.25) is 0 Å². The Hall–Kier alpha value is -1.68. The normalized spacial score (nSPS) is 10.5. The number of para-hydroxylation sites is 1. The maximum absolute atomic E-state index is 11.7. The Morgan fingerprint density at radius 3 is 2.30 bits per heavy atom. The molecule has 0 aliphatic rings. The van der Waals surface area contributed by atoms with E-state index in [0.717, 1.165) is 12.8 Å². The number of unbranched alkanes of at least 4 members (excludes halogenated alkanes) is 6. The second kappa shape index (κ2) is 12.8. The Kier molecular flexibility index (Phi) is 10.8. The summed E-state index contributed by atoms with van der Waals surface area (Å²) in [6.45, 7) is 2.84. The maximum atomic E-state index is 11.7. The SMILES string of the molecule is CCCCCCCCCOCC(=O)CC(=O)Nc1ccccc1. The lowest BCUT2D eigenvalue weighted by molar-refractivity contribution is -0.128. The van der Waals surface area contributed by atoms with Crippen molar-refractivity contribution in [2.75, 3.05) is 18.5 Å². The number of carbonyl (C=O) groups excluding carboxylic acids is 2. The molecule has 1 rings (SSSR count). The number of carbonyl (C=O) groups is 2. The van der Waals surface area contributed by atoms with Crippen molar-refractivity contribution < 1.29 is 14.3 Å². The molecule has 4 heteroatoms. The van der Waals surface area contributed by atoms with Crippen molar-refractivity contribution in [3.05, 3.63) is 30.3 Å². The van der Waals surface area contributed by atoms with Gasteiger partial charge in [-0.2, -0.15) is 0 Å². The number of anilines is 1. The molecule has 1 aromatic carbocycles. The average Bonchev–Trinajstić information content (AvgIpc) is 2.54. The van der Waals surface area contributed by atoms with Crippen LogP contribution in [0, 0.1) is 0 Å². The first-order valence-electron chi connectivity index (χ1n) is 8.66. The van der Waals surface area contributed by atoms with Crippen LogP contribution in [0.1, 0.15) is 58.3 Å². The molecule has 0 aromatic heterocycles. The minimum Gasteiger partial charge on any atom is -0.374 e. The van der Waals surface area contributed by atoms with Gasteiger partial charge in [0, 0.05) is 12.3 Å². The molecule has 0 fully saturated rings. The summed E-state index contributed by atoms with van der Waals surface area (Å²) < 4.78 is 5.34. The Balaban J connectivity index is 1.98. The molecule has 4 nitrogen and oxygen atoms in total. The van der Waals surface area contributed by atoms with Crippen molar-refractivity contribution in [2.24, 2.45) is 0 Å². The Bertz CT molecular complexity index is 445. The molecule has 1 N–H and O–H groups in total. The second-order valence-corrected chi connectivity index (χ2v) is 5.80. The molecule has 23 heavy (non-hydrogen) atoms. The molecule has 0 spiro atoms. The van der Waals surface area contributed by atoms with Gasteiger partial charge in [0.05, 0.1) is 6.42 Å². The van der Waals surface area contributed by atoms with Gasteiger partial charge < -0.3 is 10.1 Å². The van der Waals surface area contributed by atoms with Crippen LogP contribution in [0.3, 0.4) is 0 Å². The van der Waals surface area contributed by atoms with Gasteiger partial charge >= 0.3 is 0 Å². The van der Waals surface area contributed by atoms with Gasteiger partial charge in [0.2, 0.25) is 5.91 Å². The highest BCUT2D eigenvalue weighted by atomic mass is 16.5. The molecule has 0 heterocycles. The van der Waals surface area contributed by atoms with Crippen LogP contribution in [-0.2, 0) is 14.3 Å². The lowest BCUT2D eigenvalue weighted by Crippen LogP contribution is -2.19. The summed E-state index contributed by atoms with van der Waals surface area (Å²) in [5, 5.41) is 2.69. The van der Waals surface area contributed by atoms with Gasteiger partial charge in [0.25, 0.3) is 0 Å². The number of amides is 1. The fourth-order valence-electron chi connectivity index (χ4n) is 2.30. The van der Waals surface area contributed by atoms with Crippen LogP contribution in [0.5, 0.6) is 0 Å². The minimum absolute atomic E-state index is 0.0258. The summed E-state index contributed by atoms with van der Waals surface area (Å²) in [6.07, 6.45) is 8.41. The van der Waals surface area contributed by atoms with E-state index < -0.39 is 0 Å². The van der Waals surface area contributed by atoms with E-state index in [9.17, 15) is 9.59 Å². The third kappa shape index (κ3) is 10.6. The highest BCUT2D eigenvalue weighted by molar-refractivity contribution is 6.04. The van der Waals surface area contributed by atoms with Crippen molar-refractivity contribution in [1.29, 1.82) is 0 Å². The predicted octanol–water partition coefficient (Wildman–Crippen LogP) is 4.35. The number of benzene rings is 1. The van der Waals surface area contributed by atoms with E-state index in [1.54, 1.807) is 12.1 Å². The molecule has 0 bridgehead atoms. The van der Waals surface area contributed by atoms with Crippen LogP contribution in [0.25, 0.3) is 0 Å². The Morgan fingerprint density at radius 2 is 1.61 bits per heavy atom. The van der Waals surface area contributed by atoms with E-state index in [1.807, 2.05) is 18.2 Å². The van der Waals surface area contributed by atoms with Crippen LogP contribution in [-0.4, -0.2) is 24.9 Å². The first-order chi connectivity index (χ1) is 11.2. The van der Waals surface area contributed by atoms with Crippen molar-refractivity contribution in [3.63, 3.8) is 0 Å². The molecular formula is C19H29NO3. The van der Waals surface area contributed by atoms with E-state index in [1.165, 1.54) is 32.1 Å². The minimum atomic E-state index is -0.291. The lowest BCUT2D eigenvalue weighted by Gasteiger charge is -2.06. The van der Waals surface area contributed by atoms with Crippen molar-refractivity contribution >= 4 is 17.4 Å². The Labute approximate surface area is 139 Å². The first-order valence-corrected chi connectivity index (χ1v) is 8.66. The molecule has 0 aliphatic carbocycles. The number of Topliss-reactive ketones (excluding diaryl/α,β-unsaturated/α-hetero) is 1. The van der Waals surface area contributed by atoms with Crippen LogP contribution in [0.4, 0.5) is 5.69 Å². The van der Waals surface area contributed by atoms with Crippen LogP contribution < -0.4 is 5.32 Å².